The van der Waals surface area contributed by atoms with Crippen molar-refractivity contribution >= 4 is 5.91 Å². The van der Waals surface area contributed by atoms with E-state index in [4.69, 9.17) is 5.26 Å². The van der Waals surface area contributed by atoms with Crippen LogP contribution in [0.15, 0.2) is 18.2 Å². The van der Waals surface area contributed by atoms with Crippen LogP contribution in [0.4, 0.5) is 0 Å². The summed E-state index contributed by atoms with van der Waals surface area (Å²) in [7, 11) is 0. The first-order chi connectivity index (χ1) is 9.60. The first kappa shape index (κ1) is 14.5. The van der Waals surface area contributed by atoms with Crippen molar-refractivity contribution in [2.75, 3.05) is 32.7 Å². The second-order valence-corrected chi connectivity index (χ2v) is 5.42. The van der Waals surface area contributed by atoms with E-state index in [0.29, 0.717) is 6.42 Å². The third-order valence-corrected chi connectivity index (χ3v) is 3.67. The number of aryl methyl sites for hydroxylation is 2. The maximum absolute atomic E-state index is 12.5. The van der Waals surface area contributed by atoms with Gasteiger partial charge in [0, 0.05) is 44.7 Å². The third kappa shape index (κ3) is 3.58. The van der Waals surface area contributed by atoms with Gasteiger partial charge in [-0.15, -0.1) is 0 Å². The molecule has 1 aromatic rings. The lowest BCUT2D eigenvalue weighted by Crippen LogP contribution is -2.48. The Morgan fingerprint density at radius 1 is 1.15 bits per heavy atom. The second kappa shape index (κ2) is 6.53. The van der Waals surface area contributed by atoms with Gasteiger partial charge >= 0.3 is 0 Å². The van der Waals surface area contributed by atoms with Gasteiger partial charge in [0.2, 0.25) is 0 Å². The molecule has 4 nitrogen and oxygen atoms in total. The van der Waals surface area contributed by atoms with Gasteiger partial charge in [0.05, 0.1) is 6.07 Å². The molecule has 1 aromatic carbocycles. The summed E-state index contributed by atoms with van der Waals surface area (Å²) in [6, 6.07) is 8.16. The van der Waals surface area contributed by atoms with Crippen molar-refractivity contribution in [1.29, 1.82) is 5.26 Å². The zero-order chi connectivity index (χ0) is 14.5. The zero-order valence-corrected chi connectivity index (χ0v) is 12.2. The normalized spacial score (nSPS) is 15.9. The zero-order valence-electron chi connectivity index (χ0n) is 12.2. The second-order valence-electron chi connectivity index (χ2n) is 5.42. The van der Waals surface area contributed by atoms with Crippen LogP contribution in [0.2, 0.25) is 0 Å². The van der Waals surface area contributed by atoms with Crippen molar-refractivity contribution < 1.29 is 4.79 Å². The molecule has 106 valence electrons. The van der Waals surface area contributed by atoms with Gasteiger partial charge in [0.25, 0.3) is 5.91 Å². The minimum Gasteiger partial charge on any atom is -0.336 e. The molecule has 2 rings (SSSR count). The molecule has 0 radical (unpaired) electrons. The Labute approximate surface area is 120 Å². The van der Waals surface area contributed by atoms with Crippen LogP contribution in [-0.2, 0) is 0 Å². The van der Waals surface area contributed by atoms with Gasteiger partial charge in [-0.25, -0.2) is 0 Å². The summed E-state index contributed by atoms with van der Waals surface area (Å²) < 4.78 is 0. The van der Waals surface area contributed by atoms with E-state index in [-0.39, 0.29) is 5.91 Å². The molecule has 0 bridgehead atoms. The van der Waals surface area contributed by atoms with Crippen molar-refractivity contribution in [3.63, 3.8) is 0 Å². The van der Waals surface area contributed by atoms with E-state index in [2.05, 4.69) is 17.0 Å². The molecule has 1 aliphatic rings. The van der Waals surface area contributed by atoms with E-state index >= 15 is 0 Å². The quantitative estimate of drug-likeness (QED) is 0.844. The predicted molar refractivity (Wildman–Crippen MR) is 78.5 cm³/mol. The topological polar surface area (TPSA) is 47.3 Å². The molecule has 4 heteroatoms. The van der Waals surface area contributed by atoms with E-state index in [1.54, 1.807) is 0 Å². The van der Waals surface area contributed by atoms with Crippen molar-refractivity contribution in [2.45, 2.75) is 20.3 Å². The number of hydrogen-bond acceptors (Lipinski definition) is 3. The summed E-state index contributed by atoms with van der Waals surface area (Å²) >= 11 is 0. The molecule has 1 fully saturated rings. The number of nitriles is 1. The molecule has 0 aliphatic carbocycles. The van der Waals surface area contributed by atoms with E-state index in [0.717, 1.165) is 49.4 Å². The highest BCUT2D eigenvalue weighted by molar-refractivity contribution is 5.94. The van der Waals surface area contributed by atoms with Crippen LogP contribution >= 0.6 is 0 Å². The summed E-state index contributed by atoms with van der Waals surface area (Å²) in [5.74, 6) is 0.122. The lowest BCUT2D eigenvalue weighted by molar-refractivity contribution is 0.0639. The Hall–Kier alpha value is -1.86. The number of carbonyl (C=O) groups is 1. The van der Waals surface area contributed by atoms with Crippen LogP contribution in [-0.4, -0.2) is 48.4 Å². The maximum Gasteiger partial charge on any atom is 0.253 e. The number of rotatable bonds is 3. The fourth-order valence-corrected chi connectivity index (χ4v) is 2.66. The van der Waals surface area contributed by atoms with Gasteiger partial charge in [-0.1, -0.05) is 17.2 Å². The first-order valence-electron chi connectivity index (χ1n) is 7.07. The SMILES string of the molecule is Cc1cc(C)cc(C(=O)N2CCN(CCC#N)CC2)c1. The average Bonchev–Trinajstić information content (AvgIpc) is 2.44. The van der Waals surface area contributed by atoms with Gasteiger partial charge < -0.3 is 4.90 Å². The molecule has 0 unspecified atom stereocenters. The highest BCUT2D eigenvalue weighted by Gasteiger charge is 2.21. The van der Waals surface area contributed by atoms with E-state index < -0.39 is 0 Å². The average molecular weight is 271 g/mol. The molecule has 0 N–H and O–H groups in total. The Kier molecular flexibility index (Phi) is 4.75. The van der Waals surface area contributed by atoms with Crippen LogP contribution in [0.3, 0.4) is 0 Å². The third-order valence-electron chi connectivity index (χ3n) is 3.67. The Bertz CT molecular complexity index is 505. The molecule has 1 amide bonds. The van der Waals surface area contributed by atoms with Gasteiger partial charge in [0.15, 0.2) is 0 Å². The largest absolute Gasteiger partial charge is 0.336 e. The minimum absolute atomic E-state index is 0.122. The Morgan fingerprint density at radius 3 is 2.30 bits per heavy atom. The lowest BCUT2D eigenvalue weighted by atomic mass is 10.1. The van der Waals surface area contributed by atoms with Crippen molar-refractivity contribution in [2.24, 2.45) is 0 Å². The fourth-order valence-electron chi connectivity index (χ4n) is 2.66. The molecule has 0 saturated carbocycles. The van der Waals surface area contributed by atoms with E-state index in [9.17, 15) is 4.79 Å². The fraction of sp³-hybridized carbons (Fsp3) is 0.500. The smallest absolute Gasteiger partial charge is 0.253 e. The molecule has 1 aliphatic heterocycles. The number of hydrogen-bond donors (Lipinski definition) is 0. The number of carbonyl (C=O) groups excluding carboxylic acids is 1. The summed E-state index contributed by atoms with van der Waals surface area (Å²) in [5.41, 5.74) is 3.04. The number of benzene rings is 1. The van der Waals surface area contributed by atoms with Crippen LogP contribution < -0.4 is 0 Å². The first-order valence-corrected chi connectivity index (χ1v) is 7.07. The number of amides is 1. The summed E-state index contributed by atoms with van der Waals surface area (Å²) in [4.78, 5) is 16.6. The molecule has 0 aromatic heterocycles. The van der Waals surface area contributed by atoms with E-state index in [1.165, 1.54) is 0 Å². The Morgan fingerprint density at radius 2 is 1.75 bits per heavy atom. The van der Waals surface area contributed by atoms with Gasteiger partial charge in [-0.3, -0.25) is 9.69 Å². The molecule has 0 spiro atoms. The molecular weight excluding hydrogens is 250 g/mol. The lowest BCUT2D eigenvalue weighted by Gasteiger charge is -2.34. The summed E-state index contributed by atoms with van der Waals surface area (Å²) in [6.45, 7) is 8.06. The van der Waals surface area contributed by atoms with Crippen molar-refractivity contribution in [3.05, 3.63) is 34.9 Å². The van der Waals surface area contributed by atoms with Crippen LogP contribution in [0, 0.1) is 25.2 Å². The van der Waals surface area contributed by atoms with Crippen LogP contribution in [0.1, 0.15) is 27.9 Å². The monoisotopic (exact) mass is 271 g/mol. The highest BCUT2D eigenvalue weighted by Crippen LogP contribution is 2.13. The highest BCUT2D eigenvalue weighted by atomic mass is 16.2. The van der Waals surface area contributed by atoms with Gasteiger partial charge in [0.1, 0.15) is 0 Å². The van der Waals surface area contributed by atoms with Crippen molar-refractivity contribution in [1.82, 2.24) is 9.80 Å². The molecule has 0 atom stereocenters. The van der Waals surface area contributed by atoms with Gasteiger partial charge in [-0.05, 0) is 26.0 Å². The Balaban J connectivity index is 1.96. The molecular formula is C16H21N3O. The summed E-state index contributed by atoms with van der Waals surface area (Å²) in [6.07, 6.45) is 0.561. The van der Waals surface area contributed by atoms with Crippen LogP contribution in [0.25, 0.3) is 0 Å². The van der Waals surface area contributed by atoms with Gasteiger partial charge in [-0.2, -0.15) is 5.26 Å². The molecule has 1 saturated heterocycles. The predicted octanol–water partition coefficient (Wildman–Crippen LogP) is 1.97. The van der Waals surface area contributed by atoms with Crippen molar-refractivity contribution in [3.8, 4) is 6.07 Å². The minimum atomic E-state index is 0.122. The molecule has 1 heterocycles. The molecule has 20 heavy (non-hydrogen) atoms. The summed E-state index contributed by atoms with van der Waals surface area (Å²) in [5, 5.41) is 8.60. The van der Waals surface area contributed by atoms with E-state index in [1.807, 2.05) is 30.9 Å². The number of nitrogens with zero attached hydrogens (tertiary/aromatic N) is 3. The number of piperazine rings is 1. The van der Waals surface area contributed by atoms with Crippen LogP contribution in [0.5, 0.6) is 0 Å². The maximum atomic E-state index is 12.5. The standard InChI is InChI=1S/C16H21N3O/c1-13-10-14(2)12-15(11-13)16(20)19-8-6-18(7-9-19)5-3-4-17/h10-12H,3,5-9H2,1-2H3.